The van der Waals surface area contributed by atoms with Crippen molar-refractivity contribution < 1.29 is 4.52 Å². The molecular weight excluding hydrogens is 258 g/mol. The Morgan fingerprint density at radius 2 is 2.00 bits per heavy atom. The number of aromatic nitrogens is 2. The van der Waals surface area contributed by atoms with E-state index in [1.807, 2.05) is 47.8 Å². The summed E-state index contributed by atoms with van der Waals surface area (Å²) < 4.78 is 5.36. The van der Waals surface area contributed by atoms with Crippen LogP contribution in [-0.4, -0.2) is 16.7 Å². The van der Waals surface area contributed by atoms with Crippen LogP contribution in [-0.2, 0) is 0 Å². The number of nitrogens with zero attached hydrogens (tertiary/aromatic N) is 2. The maximum absolute atomic E-state index is 5.84. The smallest absolute Gasteiger partial charge is 0.235 e. The Morgan fingerprint density at radius 3 is 2.68 bits per heavy atom. The fourth-order valence-electron chi connectivity index (χ4n) is 1.95. The van der Waals surface area contributed by atoms with Gasteiger partial charge in [0.15, 0.2) is 0 Å². The first-order chi connectivity index (χ1) is 9.38. The molecule has 2 heterocycles. The van der Waals surface area contributed by atoms with E-state index in [1.165, 1.54) is 0 Å². The predicted molar refractivity (Wildman–Crippen MR) is 75.0 cm³/mol. The first-order valence-electron chi connectivity index (χ1n) is 6.01. The highest BCUT2D eigenvalue weighted by molar-refractivity contribution is 7.13. The Kier molecular flexibility index (Phi) is 3.39. The summed E-state index contributed by atoms with van der Waals surface area (Å²) in [6.45, 7) is 0.441. The van der Waals surface area contributed by atoms with Crippen LogP contribution in [0.4, 0.5) is 0 Å². The molecule has 3 aromatic rings. The van der Waals surface area contributed by atoms with E-state index in [9.17, 15) is 0 Å². The Bertz CT molecular complexity index is 634. The summed E-state index contributed by atoms with van der Waals surface area (Å²) in [6, 6.07) is 13.9. The molecule has 0 amide bonds. The normalized spacial score (nSPS) is 12.5. The minimum absolute atomic E-state index is 0.0533. The van der Waals surface area contributed by atoms with Crippen LogP contribution in [0.3, 0.4) is 0 Å². The average molecular weight is 271 g/mol. The molecule has 0 aliphatic rings. The highest BCUT2D eigenvalue weighted by Crippen LogP contribution is 2.26. The summed E-state index contributed by atoms with van der Waals surface area (Å²) in [5, 5.41) is 6.01. The van der Waals surface area contributed by atoms with E-state index in [2.05, 4.69) is 10.1 Å². The van der Waals surface area contributed by atoms with E-state index >= 15 is 0 Å². The monoisotopic (exact) mass is 271 g/mol. The Hall–Kier alpha value is -1.98. The lowest BCUT2D eigenvalue weighted by Crippen LogP contribution is -2.14. The van der Waals surface area contributed by atoms with Crippen LogP contribution < -0.4 is 5.73 Å². The van der Waals surface area contributed by atoms with Crippen molar-refractivity contribution in [3.05, 3.63) is 59.3 Å². The van der Waals surface area contributed by atoms with Gasteiger partial charge in [-0.1, -0.05) is 41.6 Å². The van der Waals surface area contributed by atoms with Crippen molar-refractivity contribution in [2.24, 2.45) is 5.73 Å². The van der Waals surface area contributed by atoms with Gasteiger partial charge in [0, 0.05) is 6.54 Å². The molecule has 19 heavy (non-hydrogen) atoms. The van der Waals surface area contributed by atoms with Crippen molar-refractivity contribution in [2.45, 2.75) is 5.92 Å². The van der Waals surface area contributed by atoms with Crippen molar-refractivity contribution in [1.82, 2.24) is 10.1 Å². The number of nitrogens with two attached hydrogens (primary N) is 1. The van der Waals surface area contributed by atoms with Crippen molar-refractivity contribution in [1.29, 1.82) is 0 Å². The predicted octanol–water partition coefficient (Wildman–Crippen LogP) is 2.89. The van der Waals surface area contributed by atoms with Gasteiger partial charge in [-0.3, -0.25) is 0 Å². The van der Waals surface area contributed by atoms with Crippen LogP contribution >= 0.6 is 11.3 Å². The van der Waals surface area contributed by atoms with Crippen molar-refractivity contribution in [2.75, 3.05) is 6.54 Å². The molecule has 0 fully saturated rings. The zero-order valence-corrected chi connectivity index (χ0v) is 11.0. The molecule has 0 radical (unpaired) electrons. The topological polar surface area (TPSA) is 64.9 Å². The van der Waals surface area contributed by atoms with Gasteiger partial charge in [0.25, 0.3) is 0 Å². The second-order valence-corrected chi connectivity index (χ2v) is 5.08. The highest BCUT2D eigenvalue weighted by Gasteiger charge is 2.20. The van der Waals surface area contributed by atoms with Gasteiger partial charge in [-0.05, 0) is 17.0 Å². The van der Waals surface area contributed by atoms with Gasteiger partial charge in [0.2, 0.25) is 11.7 Å². The highest BCUT2D eigenvalue weighted by atomic mass is 32.1. The zero-order chi connectivity index (χ0) is 13.1. The third kappa shape index (κ3) is 2.43. The third-order valence-corrected chi connectivity index (χ3v) is 3.78. The van der Waals surface area contributed by atoms with Gasteiger partial charge in [-0.2, -0.15) is 4.98 Å². The molecule has 0 aliphatic heterocycles. The lowest BCUT2D eigenvalue weighted by atomic mass is 9.99. The molecule has 2 N–H and O–H groups in total. The van der Waals surface area contributed by atoms with E-state index < -0.39 is 0 Å². The zero-order valence-electron chi connectivity index (χ0n) is 10.2. The van der Waals surface area contributed by atoms with Gasteiger partial charge in [-0.15, -0.1) is 11.3 Å². The van der Waals surface area contributed by atoms with E-state index in [1.54, 1.807) is 11.3 Å². The van der Waals surface area contributed by atoms with Crippen LogP contribution in [0.15, 0.2) is 52.4 Å². The van der Waals surface area contributed by atoms with E-state index in [4.69, 9.17) is 10.3 Å². The summed E-state index contributed by atoms with van der Waals surface area (Å²) in [6.07, 6.45) is 0. The van der Waals surface area contributed by atoms with Crippen molar-refractivity contribution >= 4 is 11.3 Å². The van der Waals surface area contributed by atoms with Crippen molar-refractivity contribution in [3.63, 3.8) is 0 Å². The molecule has 2 aromatic heterocycles. The summed E-state index contributed by atoms with van der Waals surface area (Å²) in [5.74, 6) is 1.14. The molecule has 0 spiro atoms. The number of thiophene rings is 1. The molecule has 1 atom stereocenters. The quantitative estimate of drug-likeness (QED) is 0.792. The molecule has 4 nitrogen and oxygen atoms in total. The van der Waals surface area contributed by atoms with E-state index in [-0.39, 0.29) is 5.92 Å². The third-order valence-electron chi connectivity index (χ3n) is 2.92. The molecule has 0 bridgehead atoms. The summed E-state index contributed by atoms with van der Waals surface area (Å²) in [7, 11) is 0. The van der Waals surface area contributed by atoms with E-state index in [0.29, 0.717) is 18.3 Å². The molecule has 5 heteroatoms. The SMILES string of the molecule is NCC(c1ccccc1)c1nc(-c2cccs2)no1. The van der Waals surface area contributed by atoms with Crippen LogP contribution in [0.2, 0.25) is 0 Å². The maximum atomic E-state index is 5.84. The Balaban J connectivity index is 1.93. The molecule has 0 aliphatic carbocycles. The van der Waals surface area contributed by atoms with Crippen LogP contribution in [0.5, 0.6) is 0 Å². The largest absolute Gasteiger partial charge is 0.338 e. The molecule has 1 aromatic carbocycles. The van der Waals surface area contributed by atoms with Gasteiger partial charge >= 0.3 is 0 Å². The first-order valence-corrected chi connectivity index (χ1v) is 6.89. The average Bonchev–Trinajstić information content (AvgIpc) is 3.11. The summed E-state index contributed by atoms with van der Waals surface area (Å²) in [4.78, 5) is 5.45. The van der Waals surface area contributed by atoms with Gasteiger partial charge < -0.3 is 10.3 Å². The summed E-state index contributed by atoms with van der Waals surface area (Å²) >= 11 is 1.59. The fourth-order valence-corrected chi connectivity index (χ4v) is 2.60. The minimum atomic E-state index is -0.0533. The number of benzene rings is 1. The standard InChI is InChI=1S/C14H13N3OS/c15-9-11(10-5-2-1-3-6-10)14-16-13(17-18-14)12-7-4-8-19-12/h1-8,11H,9,15H2. The first kappa shape index (κ1) is 12.1. The van der Waals surface area contributed by atoms with E-state index in [0.717, 1.165) is 10.4 Å². The number of rotatable bonds is 4. The fraction of sp³-hybridized carbons (Fsp3) is 0.143. The lowest BCUT2D eigenvalue weighted by Gasteiger charge is -2.09. The van der Waals surface area contributed by atoms with Gasteiger partial charge in [0.1, 0.15) is 0 Å². The maximum Gasteiger partial charge on any atom is 0.235 e. The van der Waals surface area contributed by atoms with Crippen LogP contribution in [0.25, 0.3) is 10.7 Å². The van der Waals surface area contributed by atoms with Crippen LogP contribution in [0, 0.1) is 0 Å². The second-order valence-electron chi connectivity index (χ2n) is 4.13. The Morgan fingerprint density at radius 1 is 1.16 bits per heavy atom. The second kappa shape index (κ2) is 5.34. The molecule has 96 valence electrons. The van der Waals surface area contributed by atoms with Crippen LogP contribution in [0.1, 0.15) is 17.4 Å². The minimum Gasteiger partial charge on any atom is -0.338 e. The molecule has 1 unspecified atom stereocenters. The number of hydrogen-bond donors (Lipinski definition) is 1. The summed E-state index contributed by atoms with van der Waals surface area (Å²) in [5.41, 5.74) is 6.93. The van der Waals surface area contributed by atoms with Gasteiger partial charge in [-0.25, -0.2) is 0 Å². The Labute approximate surface area is 114 Å². The van der Waals surface area contributed by atoms with Crippen molar-refractivity contribution in [3.8, 4) is 10.7 Å². The molecule has 3 rings (SSSR count). The molecular formula is C14H13N3OS. The molecule has 0 saturated carbocycles. The lowest BCUT2D eigenvalue weighted by molar-refractivity contribution is 0.367. The van der Waals surface area contributed by atoms with Gasteiger partial charge in [0.05, 0.1) is 10.8 Å². The molecule has 0 saturated heterocycles. The number of hydrogen-bond acceptors (Lipinski definition) is 5.